The van der Waals surface area contributed by atoms with Gasteiger partial charge in [0.15, 0.2) is 5.84 Å². The van der Waals surface area contributed by atoms with Crippen LogP contribution in [0, 0.1) is 0 Å². The SMILES string of the molecule is O=C(O)c1cccc(C2=NC(=S)N=N2)c1. The number of benzene rings is 1. The molecule has 0 fully saturated rings. The summed E-state index contributed by atoms with van der Waals surface area (Å²) in [6.07, 6.45) is 0. The molecular formula is C9H5N3O2S. The van der Waals surface area contributed by atoms with Gasteiger partial charge in [-0.05, 0) is 24.4 Å². The van der Waals surface area contributed by atoms with Crippen LogP contribution >= 0.6 is 12.2 Å². The number of azo groups is 1. The van der Waals surface area contributed by atoms with Crippen LogP contribution in [0.25, 0.3) is 0 Å². The first-order valence-electron chi connectivity index (χ1n) is 4.05. The topological polar surface area (TPSA) is 74.4 Å². The lowest BCUT2D eigenvalue weighted by molar-refractivity contribution is 0.0697. The van der Waals surface area contributed by atoms with Crippen LogP contribution in [0.15, 0.2) is 39.5 Å². The molecule has 0 aromatic heterocycles. The quantitative estimate of drug-likeness (QED) is 0.771. The Hall–Kier alpha value is -1.95. The lowest BCUT2D eigenvalue weighted by atomic mass is 10.1. The highest BCUT2D eigenvalue weighted by molar-refractivity contribution is 7.80. The highest BCUT2D eigenvalue weighted by atomic mass is 32.1. The van der Waals surface area contributed by atoms with Crippen molar-refractivity contribution >= 4 is 29.1 Å². The van der Waals surface area contributed by atoms with Crippen LogP contribution in [0.5, 0.6) is 0 Å². The Labute approximate surface area is 90.2 Å². The molecule has 1 aromatic rings. The van der Waals surface area contributed by atoms with Gasteiger partial charge in [-0.2, -0.15) is 4.99 Å². The van der Waals surface area contributed by atoms with Crippen LogP contribution in [0.4, 0.5) is 0 Å². The van der Waals surface area contributed by atoms with Crippen molar-refractivity contribution in [3.63, 3.8) is 0 Å². The number of thiocarbonyl (C=S) groups is 1. The van der Waals surface area contributed by atoms with Crippen molar-refractivity contribution in [3.8, 4) is 0 Å². The van der Waals surface area contributed by atoms with Gasteiger partial charge in [-0.1, -0.05) is 12.1 Å². The van der Waals surface area contributed by atoms with Crippen molar-refractivity contribution in [2.45, 2.75) is 0 Å². The second-order valence-corrected chi connectivity index (χ2v) is 3.17. The van der Waals surface area contributed by atoms with E-state index in [0.717, 1.165) is 0 Å². The maximum absolute atomic E-state index is 10.7. The zero-order chi connectivity index (χ0) is 10.8. The molecular weight excluding hydrogens is 214 g/mol. The van der Waals surface area contributed by atoms with Gasteiger partial charge in [0, 0.05) is 5.56 Å². The predicted octanol–water partition coefficient (Wildman–Crippen LogP) is 1.88. The summed E-state index contributed by atoms with van der Waals surface area (Å²) in [4.78, 5) is 14.6. The minimum Gasteiger partial charge on any atom is -0.478 e. The van der Waals surface area contributed by atoms with E-state index in [2.05, 4.69) is 15.2 Å². The fraction of sp³-hybridized carbons (Fsp3) is 0. The smallest absolute Gasteiger partial charge is 0.335 e. The molecule has 1 aliphatic heterocycles. The van der Waals surface area contributed by atoms with Gasteiger partial charge in [0.05, 0.1) is 5.56 Å². The molecule has 0 unspecified atom stereocenters. The summed E-state index contributed by atoms with van der Waals surface area (Å²) in [5.74, 6) is -0.641. The van der Waals surface area contributed by atoms with E-state index in [1.165, 1.54) is 12.1 Å². The molecule has 0 spiro atoms. The normalized spacial score (nSPS) is 14.1. The summed E-state index contributed by atoms with van der Waals surface area (Å²) in [6, 6.07) is 6.31. The van der Waals surface area contributed by atoms with Crippen LogP contribution in [0.2, 0.25) is 0 Å². The molecule has 6 heteroatoms. The maximum atomic E-state index is 10.7. The standard InChI is InChI=1S/C9H5N3O2S/c13-8(14)6-3-1-2-5(4-6)7-10-9(15)12-11-7/h1-4H,(H,13,14). The van der Waals surface area contributed by atoms with Crippen LogP contribution < -0.4 is 0 Å². The number of hydrogen-bond acceptors (Lipinski definition) is 3. The van der Waals surface area contributed by atoms with E-state index >= 15 is 0 Å². The number of aromatic carboxylic acids is 1. The second-order valence-electron chi connectivity index (χ2n) is 2.80. The molecule has 0 amide bonds. The Morgan fingerprint density at radius 2 is 2.13 bits per heavy atom. The van der Waals surface area contributed by atoms with Crippen molar-refractivity contribution in [1.82, 2.24) is 0 Å². The highest BCUT2D eigenvalue weighted by Gasteiger charge is 2.11. The van der Waals surface area contributed by atoms with Gasteiger partial charge in [0.1, 0.15) is 0 Å². The summed E-state index contributed by atoms with van der Waals surface area (Å²) in [6.45, 7) is 0. The molecule has 5 nitrogen and oxygen atoms in total. The summed E-state index contributed by atoms with van der Waals surface area (Å²) in [5, 5.41) is 16.2. The third-order valence-corrected chi connectivity index (χ3v) is 1.97. The number of hydrogen-bond donors (Lipinski definition) is 1. The zero-order valence-electron chi connectivity index (χ0n) is 7.41. The van der Waals surface area contributed by atoms with E-state index in [0.29, 0.717) is 11.4 Å². The Balaban J connectivity index is 2.42. The van der Waals surface area contributed by atoms with Gasteiger partial charge in [-0.15, -0.1) is 10.2 Å². The Bertz CT molecular complexity index is 508. The third kappa shape index (κ3) is 1.94. The summed E-state index contributed by atoms with van der Waals surface area (Å²) < 4.78 is 0. The molecule has 0 aliphatic carbocycles. The van der Waals surface area contributed by atoms with Gasteiger partial charge in [0.25, 0.3) is 0 Å². The molecule has 1 aliphatic rings. The van der Waals surface area contributed by atoms with Crippen molar-refractivity contribution in [3.05, 3.63) is 35.4 Å². The fourth-order valence-corrected chi connectivity index (χ4v) is 1.27. The molecule has 0 bridgehead atoms. The Morgan fingerprint density at radius 1 is 1.33 bits per heavy atom. The number of aliphatic imine (C=N–C) groups is 1. The zero-order valence-corrected chi connectivity index (χ0v) is 8.23. The first kappa shape index (κ1) is 9.60. The highest BCUT2D eigenvalue weighted by Crippen LogP contribution is 2.11. The second kappa shape index (κ2) is 3.66. The average Bonchev–Trinajstić information content (AvgIpc) is 2.65. The van der Waals surface area contributed by atoms with E-state index in [1.807, 2.05) is 0 Å². The van der Waals surface area contributed by atoms with E-state index in [9.17, 15) is 4.79 Å². The molecule has 0 saturated heterocycles. The Morgan fingerprint density at radius 3 is 2.73 bits per heavy atom. The number of carboxylic acid groups (broad SMARTS) is 1. The van der Waals surface area contributed by atoms with Gasteiger partial charge >= 0.3 is 5.97 Å². The predicted molar refractivity (Wildman–Crippen MR) is 57.4 cm³/mol. The van der Waals surface area contributed by atoms with E-state index in [1.54, 1.807) is 12.1 Å². The fourth-order valence-electron chi connectivity index (χ4n) is 1.14. The van der Waals surface area contributed by atoms with E-state index in [4.69, 9.17) is 17.3 Å². The number of amidine groups is 1. The minimum absolute atomic E-state index is 0.158. The largest absolute Gasteiger partial charge is 0.478 e. The number of carbonyl (C=O) groups is 1. The molecule has 2 rings (SSSR count). The van der Waals surface area contributed by atoms with Crippen LogP contribution in [0.1, 0.15) is 15.9 Å². The minimum atomic E-state index is -0.991. The maximum Gasteiger partial charge on any atom is 0.335 e. The average molecular weight is 219 g/mol. The van der Waals surface area contributed by atoms with Gasteiger partial charge in [0.2, 0.25) is 5.11 Å². The van der Waals surface area contributed by atoms with Crippen molar-refractivity contribution in [1.29, 1.82) is 0 Å². The monoisotopic (exact) mass is 219 g/mol. The van der Waals surface area contributed by atoms with Gasteiger partial charge in [-0.25, -0.2) is 4.79 Å². The van der Waals surface area contributed by atoms with Gasteiger partial charge < -0.3 is 5.11 Å². The Kier molecular flexibility index (Phi) is 2.34. The van der Waals surface area contributed by atoms with E-state index in [-0.39, 0.29) is 10.7 Å². The van der Waals surface area contributed by atoms with Crippen LogP contribution in [-0.4, -0.2) is 22.0 Å². The first-order valence-corrected chi connectivity index (χ1v) is 4.46. The molecule has 1 heterocycles. The van der Waals surface area contributed by atoms with Crippen LogP contribution in [0.3, 0.4) is 0 Å². The van der Waals surface area contributed by atoms with E-state index < -0.39 is 5.97 Å². The molecule has 15 heavy (non-hydrogen) atoms. The van der Waals surface area contributed by atoms with Gasteiger partial charge in [-0.3, -0.25) is 0 Å². The molecule has 1 N–H and O–H groups in total. The summed E-state index contributed by atoms with van der Waals surface area (Å²) in [7, 11) is 0. The lowest BCUT2D eigenvalue weighted by Crippen LogP contribution is -2.00. The molecule has 0 radical (unpaired) electrons. The summed E-state index contributed by atoms with van der Waals surface area (Å²) in [5.41, 5.74) is 0.779. The molecule has 1 aromatic carbocycles. The summed E-state index contributed by atoms with van der Waals surface area (Å²) >= 11 is 4.72. The number of carboxylic acids is 1. The van der Waals surface area contributed by atoms with Crippen molar-refractivity contribution in [2.24, 2.45) is 15.2 Å². The molecule has 0 saturated carbocycles. The van der Waals surface area contributed by atoms with Crippen LogP contribution in [-0.2, 0) is 0 Å². The van der Waals surface area contributed by atoms with Crippen molar-refractivity contribution < 1.29 is 9.90 Å². The number of rotatable bonds is 2. The molecule has 74 valence electrons. The third-order valence-electron chi connectivity index (χ3n) is 1.80. The lowest BCUT2D eigenvalue weighted by Gasteiger charge is -1.97. The number of nitrogens with zero attached hydrogens (tertiary/aromatic N) is 3. The molecule has 0 atom stereocenters. The van der Waals surface area contributed by atoms with Crippen molar-refractivity contribution in [2.75, 3.05) is 0 Å². The first-order chi connectivity index (χ1) is 7.16.